The largest absolute Gasteiger partial charge is 0.478 e. The number of halogens is 1. The van der Waals surface area contributed by atoms with Gasteiger partial charge in [-0.15, -0.1) is 0 Å². The smallest absolute Gasteiger partial charge is 0.328 e. The molecule has 0 amide bonds. The minimum atomic E-state index is -1.26. The Bertz CT molecular complexity index is 1060. The normalized spacial score (nSPS) is 15.6. The van der Waals surface area contributed by atoms with Crippen LogP contribution in [0.2, 0.25) is 5.02 Å². The summed E-state index contributed by atoms with van der Waals surface area (Å²) in [5.74, 6) is -1.48. The van der Waals surface area contributed by atoms with E-state index in [0.29, 0.717) is 12.2 Å². The molecule has 2 aliphatic rings. The van der Waals surface area contributed by atoms with E-state index in [1.54, 1.807) is 0 Å². The topological polar surface area (TPSA) is 102 Å². The molecule has 2 aliphatic heterocycles. The predicted molar refractivity (Wildman–Crippen MR) is 126 cm³/mol. The maximum absolute atomic E-state index is 9.55. The second-order valence-electron chi connectivity index (χ2n) is 7.11. The number of rotatable bonds is 3. The van der Waals surface area contributed by atoms with Crippen LogP contribution in [0.25, 0.3) is 5.57 Å². The molecule has 0 atom stereocenters. The van der Waals surface area contributed by atoms with Crippen LogP contribution in [0, 0.1) is 0 Å². The maximum atomic E-state index is 9.55. The first-order valence-corrected chi connectivity index (χ1v) is 10.5. The van der Waals surface area contributed by atoms with Gasteiger partial charge in [0.1, 0.15) is 5.84 Å². The number of piperazine rings is 1. The molecular formula is C24H24ClN3O4. The average molecular weight is 454 g/mol. The lowest BCUT2D eigenvalue weighted by molar-refractivity contribution is -0.134. The van der Waals surface area contributed by atoms with E-state index >= 15 is 0 Å². The van der Waals surface area contributed by atoms with Crippen LogP contribution < -0.4 is 5.32 Å². The lowest BCUT2D eigenvalue weighted by Gasteiger charge is -2.31. The molecule has 2 aromatic carbocycles. The monoisotopic (exact) mass is 453 g/mol. The SMILES string of the molecule is Clc1ccccc1C1=CCc2ccccc2N=C1N1CCNCC1.O=C(O)/C=C/C(=O)O. The molecule has 166 valence electrons. The van der Waals surface area contributed by atoms with Gasteiger partial charge in [0, 0.05) is 54.5 Å². The molecule has 7 nitrogen and oxygen atoms in total. The van der Waals surface area contributed by atoms with Crippen LogP contribution in [-0.2, 0) is 16.0 Å². The Morgan fingerprint density at radius 1 is 0.969 bits per heavy atom. The number of hydrogen-bond acceptors (Lipinski definition) is 5. The van der Waals surface area contributed by atoms with Crippen LogP contribution in [0.3, 0.4) is 0 Å². The van der Waals surface area contributed by atoms with Gasteiger partial charge >= 0.3 is 11.9 Å². The van der Waals surface area contributed by atoms with Crippen LogP contribution in [0.15, 0.2) is 71.8 Å². The molecule has 2 aromatic rings. The quantitative estimate of drug-likeness (QED) is 0.613. The van der Waals surface area contributed by atoms with Crippen molar-refractivity contribution in [2.75, 3.05) is 26.2 Å². The molecule has 0 aliphatic carbocycles. The first kappa shape index (κ1) is 23.2. The first-order chi connectivity index (χ1) is 15.5. The molecule has 8 heteroatoms. The number of nitrogens with one attached hydrogen (secondary N) is 1. The summed E-state index contributed by atoms with van der Waals surface area (Å²) in [5.41, 5.74) is 4.51. The van der Waals surface area contributed by atoms with Crippen molar-refractivity contribution in [1.29, 1.82) is 0 Å². The van der Waals surface area contributed by atoms with Gasteiger partial charge in [-0.25, -0.2) is 14.6 Å². The van der Waals surface area contributed by atoms with Crippen molar-refractivity contribution in [1.82, 2.24) is 10.2 Å². The number of nitrogens with zero attached hydrogens (tertiary/aromatic N) is 2. The van der Waals surface area contributed by atoms with Gasteiger partial charge in [-0.1, -0.05) is 54.1 Å². The zero-order chi connectivity index (χ0) is 22.9. The molecule has 0 saturated carbocycles. The molecule has 2 heterocycles. The number of carbonyl (C=O) groups is 2. The summed E-state index contributed by atoms with van der Waals surface area (Å²) < 4.78 is 0. The first-order valence-electron chi connectivity index (χ1n) is 10.2. The van der Waals surface area contributed by atoms with Crippen molar-refractivity contribution < 1.29 is 19.8 Å². The van der Waals surface area contributed by atoms with Crippen molar-refractivity contribution in [2.45, 2.75) is 6.42 Å². The number of amidine groups is 1. The standard InChI is InChI=1S/C20H20ClN3.C4H4O4/c21-18-7-3-2-6-16(18)17-10-9-15-5-1-4-8-19(15)23-20(17)24-13-11-22-12-14-24;5-3(6)1-2-4(7)8/h1-8,10,22H,9,11-14H2;1-2H,(H,5,6)(H,7,8)/b;2-1+. The number of hydrogen-bond donors (Lipinski definition) is 3. The molecule has 0 aromatic heterocycles. The van der Waals surface area contributed by atoms with Crippen molar-refractivity contribution in [3.05, 3.63) is 82.9 Å². The highest BCUT2D eigenvalue weighted by molar-refractivity contribution is 6.35. The van der Waals surface area contributed by atoms with E-state index in [1.165, 1.54) is 5.56 Å². The van der Waals surface area contributed by atoms with Crippen molar-refractivity contribution in [2.24, 2.45) is 4.99 Å². The Labute approximate surface area is 191 Å². The fraction of sp³-hybridized carbons (Fsp3) is 0.208. The van der Waals surface area contributed by atoms with Gasteiger partial charge in [0.25, 0.3) is 0 Å². The second kappa shape index (κ2) is 11.3. The number of carboxylic acid groups (broad SMARTS) is 2. The van der Waals surface area contributed by atoms with Gasteiger partial charge in [0.2, 0.25) is 0 Å². The molecule has 3 N–H and O–H groups in total. The number of aliphatic carboxylic acids is 2. The van der Waals surface area contributed by atoms with Gasteiger partial charge in [0.15, 0.2) is 0 Å². The average Bonchev–Trinajstić information content (AvgIpc) is 2.99. The van der Waals surface area contributed by atoms with Gasteiger partial charge < -0.3 is 20.4 Å². The highest BCUT2D eigenvalue weighted by Crippen LogP contribution is 2.32. The third kappa shape index (κ3) is 6.29. The van der Waals surface area contributed by atoms with Crippen LogP contribution in [0.1, 0.15) is 11.1 Å². The number of fused-ring (bicyclic) bond motifs is 1. The van der Waals surface area contributed by atoms with Crippen molar-refractivity contribution >= 4 is 40.6 Å². The molecule has 1 fully saturated rings. The Morgan fingerprint density at radius 3 is 2.25 bits per heavy atom. The van der Waals surface area contributed by atoms with E-state index in [1.807, 2.05) is 18.2 Å². The van der Waals surface area contributed by atoms with Gasteiger partial charge in [0.05, 0.1) is 5.69 Å². The number of aliphatic imine (C=N–C) groups is 1. The number of para-hydroxylation sites is 1. The Morgan fingerprint density at radius 2 is 1.59 bits per heavy atom. The predicted octanol–water partition coefficient (Wildman–Crippen LogP) is 3.63. The highest BCUT2D eigenvalue weighted by Gasteiger charge is 2.23. The van der Waals surface area contributed by atoms with Crippen LogP contribution in [-0.4, -0.2) is 59.1 Å². The van der Waals surface area contributed by atoms with E-state index < -0.39 is 11.9 Å². The Balaban J connectivity index is 0.000000312. The third-order valence-corrected chi connectivity index (χ3v) is 5.26. The summed E-state index contributed by atoms with van der Waals surface area (Å²) in [5, 5.41) is 19.8. The molecule has 32 heavy (non-hydrogen) atoms. The summed E-state index contributed by atoms with van der Waals surface area (Å²) in [6.07, 6.45) is 4.26. The van der Waals surface area contributed by atoms with E-state index in [-0.39, 0.29) is 0 Å². The van der Waals surface area contributed by atoms with Crippen LogP contribution in [0.5, 0.6) is 0 Å². The van der Waals surface area contributed by atoms with Gasteiger partial charge in [-0.2, -0.15) is 0 Å². The van der Waals surface area contributed by atoms with E-state index in [9.17, 15) is 9.59 Å². The number of benzene rings is 2. The van der Waals surface area contributed by atoms with Crippen molar-refractivity contribution in [3.8, 4) is 0 Å². The zero-order valence-corrected chi connectivity index (χ0v) is 18.1. The lowest BCUT2D eigenvalue weighted by atomic mass is 10.0. The lowest BCUT2D eigenvalue weighted by Crippen LogP contribution is -2.46. The second-order valence-corrected chi connectivity index (χ2v) is 7.52. The minimum Gasteiger partial charge on any atom is -0.478 e. The zero-order valence-electron chi connectivity index (χ0n) is 17.4. The van der Waals surface area contributed by atoms with E-state index in [4.69, 9.17) is 26.8 Å². The fourth-order valence-electron chi connectivity index (χ4n) is 3.44. The molecule has 0 unspecified atom stereocenters. The minimum absolute atomic E-state index is 0.558. The van der Waals surface area contributed by atoms with Crippen molar-refractivity contribution in [3.63, 3.8) is 0 Å². The summed E-state index contributed by atoms with van der Waals surface area (Å²) in [6, 6.07) is 16.4. The van der Waals surface area contributed by atoms with Gasteiger partial charge in [-0.05, 0) is 24.1 Å². The van der Waals surface area contributed by atoms with Gasteiger partial charge in [-0.3, -0.25) is 0 Å². The molecule has 0 spiro atoms. The molecule has 4 rings (SSSR count). The number of carboxylic acids is 2. The number of allylic oxidation sites excluding steroid dienone is 1. The highest BCUT2D eigenvalue weighted by atomic mass is 35.5. The Hall–Kier alpha value is -3.42. The summed E-state index contributed by atoms with van der Waals surface area (Å²) in [6.45, 7) is 3.89. The van der Waals surface area contributed by atoms with E-state index in [2.05, 4.69) is 46.6 Å². The third-order valence-electron chi connectivity index (χ3n) is 4.93. The molecule has 1 saturated heterocycles. The molecule has 0 bridgehead atoms. The molecular weight excluding hydrogens is 430 g/mol. The maximum Gasteiger partial charge on any atom is 0.328 e. The summed E-state index contributed by atoms with van der Waals surface area (Å²) in [7, 11) is 0. The molecule has 0 radical (unpaired) electrons. The summed E-state index contributed by atoms with van der Waals surface area (Å²) in [4.78, 5) is 26.5. The van der Waals surface area contributed by atoms with Crippen LogP contribution >= 0.6 is 11.6 Å². The van der Waals surface area contributed by atoms with E-state index in [0.717, 1.165) is 60.3 Å². The Kier molecular flexibility index (Phi) is 8.19. The fourth-order valence-corrected chi connectivity index (χ4v) is 3.68. The van der Waals surface area contributed by atoms with Crippen LogP contribution in [0.4, 0.5) is 5.69 Å². The summed E-state index contributed by atoms with van der Waals surface area (Å²) >= 11 is 6.50.